The largest absolute Gasteiger partial charge is 0.395 e. The van der Waals surface area contributed by atoms with Gasteiger partial charge in [0.15, 0.2) is 9.84 Å². The van der Waals surface area contributed by atoms with Crippen molar-refractivity contribution in [1.82, 2.24) is 0 Å². The third kappa shape index (κ3) is 1.86. The van der Waals surface area contributed by atoms with Crippen LogP contribution in [0.4, 0.5) is 0 Å². The monoisotopic (exact) mass is 242 g/mol. The minimum absolute atomic E-state index is 0.0191. The first-order chi connectivity index (χ1) is 7.48. The van der Waals surface area contributed by atoms with E-state index in [0.717, 1.165) is 5.56 Å². The number of hydrogen-bond acceptors (Lipinski definition) is 4. The zero-order valence-electron chi connectivity index (χ0n) is 9.01. The number of ether oxygens (including phenoxy) is 1. The lowest BCUT2D eigenvalue weighted by atomic mass is 9.79. The van der Waals surface area contributed by atoms with Crippen LogP contribution < -0.4 is 0 Å². The Kier molecular flexibility index (Phi) is 2.77. The minimum atomic E-state index is -3.15. The number of rotatable bonds is 3. The maximum atomic E-state index is 11.3. The Morgan fingerprint density at radius 2 is 1.88 bits per heavy atom. The van der Waals surface area contributed by atoms with Crippen LogP contribution in [-0.4, -0.2) is 39.6 Å². The van der Waals surface area contributed by atoms with Gasteiger partial charge in [0.2, 0.25) is 0 Å². The highest BCUT2D eigenvalue weighted by atomic mass is 32.2. The van der Waals surface area contributed by atoms with E-state index in [1.54, 1.807) is 24.3 Å². The zero-order chi connectivity index (χ0) is 11.8. The first-order valence-corrected chi connectivity index (χ1v) is 6.86. The molecular weight excluding hydrogens is 228 g/mol. The molecule has 1 aliphatic heterocycles. The molecule has 1 heterocycles. The van der Waals surface area contributed by atoms with E-state index in [9.17, 15) is 13.5 Å². The van der Waals surface area contributed by atoms with Gasteiger partial charge < -0.3 is 9.84 Å². The van der Waals surface area contributed by atoms with Gasteiger partial charge in [-0.2, -0.15) is 0 Å². The Hall–Kier alpha value is -0.910. The van der Waals surface area contributed by atoms with Gasteiger partial charge in [0, 0.05) is 6.26 Å². The van der Waals surface area contributed by atoms with Crippen molar-refractivity contribution >= 4 is 9.84 Å². The van der Waals surface area contributed by atoms with Crippen LogP contribution in [0.2, 0.25) is 0 Å². The van der Waals surface area contributed by atoms with Crippen LogP contribution in [0.5, 0.6) is 0 Å². The molecule has 88 valence electrons. The molecule has 1 aliphatic rings. The van der Waals surface area contributed by atoms with Crippen molar-refractivity contribution in [3.63, 3.8) is 0 Å². The Morgan fingerprint density at radius 3 is 2.19 bits per heavy atom. The molecule has 0 amide bonds. The van der Waals surface area contributed by atoms with E-state index in [1.165, 1.54) is 6.26 Å². The standard InChI is InChI=1S/C11H14O4S/c1-16(13,14)10-4-2-9(3-5-10)11(6-12)7-15-8-11/h2-5,12H,6-8H2,1H3. The van der Waals surface area contributed by atoms with E-state index in [-0.39, 0.29) is 12.0 Å². The van der Waals surface area contributed by atoms with E-state index in [0.29, 0.717) is 18.1 Å². The molecule has 4 nitrogen and oxygen atoms in total. The number of aliphatic hydroxyl groups excluding tert-OH is 1. The summed E-state index contributed by atoms with van der Waals surface area (Å²) in [5, 5.41) is 9.32. The van der Waals surface area contributed by atoms with Gasteiger partial charge in [-0.25, -0.2) is 8.42 Å². The molecule has 1 aromatic carbocycles. The molecule has 1 N–H and O–H groups in total. The maximum absolute atomic E-state index is 11.3. The smallest absolute Gasteiger partial charge is 0.175 e. The van der Waals surface area contributed by atoms with Gasteiger partial charge in [0.05, 0.1) is 30.1 Å². The molecule has 1 saturated heterocycles. The van der Waals surface area contributed by atoms with E-state index in [1.807, 2.05) is 0 Å². The summed E-state index contributed by atoms with van der Waals surface area (Å²) in [5.41, 5.74) is 0.587. The van der Waals surface area contributed by atoms with Crippen molar-refractivity contribution in [2.24, 2.45) is 0 Å². The highest BCUT2D eigenvalue weighted by molar-refractivity contribution is 7.90. The lowest BCUT2D eigenvalue weighted by Crippen LogP contribution is -2.49. The van der Waals surface area contributed by atoms with Gasteiger partial charge in [-0.15, -0.1) is 0 Å². The van der Waals surface area contributed by atoms with Crippen LogP contribution in [0.25, 0.3) is 0 Å². The average molecular weight is 242 g/mol. The summed E-state index contributed by atoms with van der Waals surface area (Å²) >= 11 is 0. The van der Waals surface area contributed by atoms with E-state index in [2.05, 4.69) is 0 Å². The lowest BCUT2D eigenvalue weighted by molar-refractivity contribution is -0.0841. The number of sulfone groups is 1. The fourth-order valence-electron chi connectivity index (χ4n) is 1.75. The molecule has 5 heteroatoms. The third-order valence-electron chi connectivity index (χ3n) is 2.95. The second-order valence-electron chi connectivity index (χ2n) is 4.23. The summed E-state index contributed by atoms with van der Waals surface area (Å²) in [5.74, 6) is 0. The first-order valence-electron chi connectivity index (χ1n) is 4.97. The molecule has 0 unspecified atom stereocenters. The van der Waals surface area contributed by atoms with Crippen molar-refractivity contribution < 1.29 is 18.3 Å². The normalized spacial score (nSPS) is 19.1. The molecule has 2 rings (SSSR count). The van der Waals surface area contributed by atoms with Gasteiger partial charge in [0.1, 0.15) is 0 Å². The van der Waals surface area contributed by atoms with Crippen molar-refractivity contribution in [2.45, 2.75) is 10.3 Å². The zero-order valence-corrected chi connectivity index (χ0v) is 9.83. The van der Waals surface area contributed by atoms with Crippen LogP contribution in [0, 0.1) is 0 Å². The van der Waals surface area contributed by atoms with E-state index >= 15 is 0 Å². The van der Waals surface area contributed by atoms with Crippen molar-refractivity contribution in [1.29, 1.82) is 0 Å². The van der Waals surface area contributed by atoms with Gasteiger partial charge in [-0.05, 0) is 17.7 Å². The van der Waals surface area contributed by atoms with Crippen molar-refractivity contribution in [3.05, 3.63) is 29.8 Å². The average Bonchev–Trinajstić information content (AvgIpc) is 2.16. The molecule has 0 spiro atoms. The molecule has 0 aromatic heterocycles. The summed E-state index contributed by atoms with van der Waals surface area (Å²) in [6.07, 6.45) is 1.18. The minimum Gasteiger partial charge on any atom is -0.395 e. The molecule has 1 aromatic rings. The second kappa shape index (κ2) is 3.84. The molecule has 0 atom stereocenters. The predicted molar refractivity (Wildman–Crippen MR) is 59.1 cm³/mol. The number of hydrogen-bond donors (Lipinski definition) is 1. The number of aliphatic hydroxyl groups is 1. The molecule has 0 bridgehead atoms. The lowest BCUT2D eigenvalue weighted by Gasteiger charge is -2.40. The molecule has 0 aliphatic carbocycles. The van der Waals surface area contributed by atoms with Crippen molar-refractivity contribution in [2.75, 3.05) is 26.1 Å². The highest BCUT2D eigenvalue weighted by Crippen LogP contribution is 2.32. The quantitative estimate of drug-likeness (QED) is 0.830. The van der Waals surface area contributed by atoms with Gasteiger partial charge >= 0.3 is 0 Å². The second-order valence-corrected chi connectivity index (χ2v) is 6.24. The highest BCUT2D eigenvalue weighted by Gasteiger charge is 2.39. The van der Waals surface area contributed by atoms with Crippen molar-refractivity contribution in [3.8, 4) is 0 Å². The van der Waals surface area contributed by atoms with Crippen LogP contribution in [0.15, 0.2) is 29.2 Å². The molecular formula is C11H14O4S. The van der Waals surface area contributed by atoms with Gasteiger partial charge in [-0.3, -0.25) is 0 Å². The Balaban J connectivity index is 2.33. The Bertz CT molecular complexity index is 466. The Labute approximate surface area is 94.8 Å². The van der Waals surface area contributed by atoms with E-state index < -0.39 is 9.84 Å². The fraction of sp³-hybridized carbons (Fsp3) is 0.455. The molecule has 0 radical (unpaired) electrons. The van der Waals surface area contributed by atoms with Crippen LogP contribution in [-0.2, 0) is 20.0 Å². The third-order valence-corrected chi connectivity index (χ3v) is 4.08. The van der Waals surface area contributed by atoms with E-state index in [4.69, 9.17) is 4.74 Å². The summed E-state index contributed by atoms with van der Waals surface area (Å²) < 4.78 is 27.6. The van der Waals surface area contributed by atoms with Gasteiger partial charge in [0.25, 0.3) is 0 Å². The predicted octanol–water partition coefficient (Wildman–Crippen LogP) is 0.350. The first kappa shape index (κ1) is 11.6. The summed E-state index contributed by atoms with van der Waals surface area (Å²) in [6, 6.07) is 6.63. The molecule has 1 fully saturated rings. The van der Waals surface area contributed by atoms with Crippen LogP contribution in [0.3, 0.4) is 0 Å². The Morgan fingerprint density at radius 1 is 1.31 bits per heavy atom. The van der Waals surface area contributed by atoms with Gasteiger partial charge in [-0.1, -0.05) is 12.1 Å². The summed E-state index contributed by atoms with van der Waals surface area (Å²) in [7, 11) is -3.15. The maximum Gasteiger partial charge on any atom is 0.175 e. The molecule has 0 saturated carbocycles. The van der Waals surface area contributed by atoms with Crippen LogP contribution in [0.1, 0.15) is 5.56 Å². The van der Waals surface area contributed by atoms with Crippen LogP contribution >= 0.6 is 0 Å². The SMILES string of the molecule is CS(=O)(=O)c1ccc(C2(CO)COC2)cc1. The number of benzene rings is 1. The fourth-order valence-corrected chi connectivity index (χ4v) is 2.38. The summed E-state index contributed by atoms with van der Waals surface area (Å²) in [4.78, 5) is 0.296. The topological polar surface area (TPSA) is 63.6 Å². The summed E-state index contributed by atoms with van der Waals surface area (Å²) in [6.45, 7) is 0.995. The molecule has 16 heavy (non-hydrogen) atoms.